The number of amides is 1. The Morgan fingerprint density at radius 2 is 1.14 bits per heavy atom. The quantitative estimate of drug-likeness (QED) is 0.584. The first-order valence-electron chi connectivity index (χ1n) is 6.06. The van der Waals surface area contributed by atoms with Crippen LogP contribution >= 0.6 is 0 Å². The Kier molecular flexibility index (Phi) is 5.65. The second kappa shape index (κ2) is 6.86. The minimum absolute atomic E-state index is 0.254. The monoisotopic (exact) mass is 197 g/mol. The van der Waals surface area contributed by atoms with Crippen LogP contribution in [0.3, 0.4) is 0 Å². The van der Waals surface area contributed by atoms with Gasteiger partial charge in [-0.05, 0) is 12.8 Å². The predicted octanol–water partition coefficient (Wildman–Crippen LogP) is 2.97. The molecule has 1 rings (SSSR count). The van der Waals surface area contributed by atoms with Gasteiger partial charge in [-0.15, -0.1) is 0 Å². The van der Waals surface area contributed by atoms with Crippen LogP contribution in [0.25, 0.3) is 0 Å². The van der Waals surface area contributed by atoms with Gasteiger partial charge in [-0.1, -0.05) is 38.5 Å². The lowest BCUT2D eigenvalue weighted by Crippen LogP contribution is -2.30. The summed E-state index contributed by atoms with van der Waals surface area (Å²) < 4.78 is 0. The van der Waals surface area contributed by atoms with Gasteiger partial charge in [0.05, 0.1) is 0 Å². The third kappa shape index (κ3) is 4.64. The van der Waals surface area contributed by atoms with E-state index in [-0.39, 0.29) is 5.91 Å². The zero-order valence-electron chi connectivity index (χ0n) is 9.43. The van der Waals surface area contributed by atoms with E-state index in [1.165, 1.54) is 51.4 Å². The summed E-state index contributed by atoms with van der Waals surface area (Å²) >= 11 is 0. The molecule has 82 valence electrons. The average Bonchev–Trinajstić information content (AvgIpc) is 2.21. The molecule has 1 aliphatic heterocycles. The van der Waals surface area contributed by atoms with Crippen LogP contribution in [0.1, 0.15) is 58.3 Å². The summed E-state index contributed by atoms with van der Waals surface area (Å²) in [6.45, 7) is 3.66. The van der Waals surface area contributed by atoms with Gasteiger partial charge in [0.15, 0.2) is 0 Å². The number of carbonyl (C=O) groups is 1. The molecule has 0 aliphatic carbocycles. The minimum atomic E-state index is 0.254. The normalized spacial score (nSPS) is 21.4. The number of rotatable bonds is 0. The van der Waals surface area contributed by atoms with Crippen LogP contribution in [-0.2, 0) is 4.79 Å². The molecule has 1 aliphatic rings. The van der Waals surface area contributed by atoms with Gasteiger partial charge in [-0.2, -0.15) is 0 Å². The highest BCUT2D eigenvalue weighted by Gasteiger charge is 2.08. The molecular formula is C12H23NO. The van der Waals surface area contributed by atoms with Crippen LogP contribution in [0.2, 0.25) is 0 Å². The molecule has 1 saturated heterocycles. The lowest BCUT2D eigenvalue weighted by atomic mass is 10.1. The minimum Gasteiger partial charge on any atom is -0.343 e. The van der Waals surface area contributed by atoms with Crippen molar-refractivity contribution < 1.29 is 4.79 Å². The summed E-state index contributed by atoms with van der Waals surface area (Å²) in [6, 6.07) is 0. The van der Waals surface area contributed by atoms with E-state index in [0.29, 0.717) is 0 Å². The molecule has 0 saturated carbocycles. The highest BCUT2D eigenvalue weighted by Crippen LogP contribution is 2.12. The number of hydrogen-bond donors (Lipinski definition) is 0. The molecule has 1 fully saturated rings. The molecule has 1 amide bonds. The van der Waals surface area contributed by atoms with Gasteiger partial charge in [0.25, 0.3) is 0 Å². The molecule has 0 radical (unpaired) electrons. The third-order valence-corrected chi connectivity index (χ3v) is 3.05. The van der Waals surface area contributed by atoms with Crippen LogP contribution < -0.4 is 0 Å². The van der Waals surface area contributed by atoms with E-state index in [0.717, 1.165) is 13.1 Å². The van der Waals surface area contributed by atoms with Crippen LogP contribution in [0, 0.1) is 0 Å². The maximum absolute atomic E-state index is 11.3. The first kappa shape index (κ1) is 11.5. The van der Waals surface area contributed by atoms with Gasteiger partial charge in [-0.3, -0.25) is 4.79 Å². The first-order valence-corrected chi connectivity index (χ1v) is 6.06. The van der Waals surface area contributed by atoms with E-state index >= 15 is 0 Å². The summed E-state index contributed by atoms with van der Waals surface area (Å²) in [5, 5.41) is 0. The molecular weight excluding hydrogens is 174 g/mol. The molecule has 0 unspecified atom stereocenters. The maximum atomic E-state index is 11.3. The average molecular weight is 197 g/mol. The van der Waals surface area contributed by atoms with Gasteiger partial charge < -0.3 is 4.90 Å². The Balaban J connectivity index is 2.31. The zero-order chi connectivity index (χ0) is 10.2. The highest BCUT2D eigenvalue weighted by molar-refractivity contribution is 5.73. The Hall–Kier alpha value is -0.530. The number of nitrogens with zero attached hydrogens (tertiary/aromatic N) is 1. The van der Waals surface area contributed by atoms with E-state index < -0.39 is 0 Å². The Morgan fingerprint density at radius 3 is 1.50 bits per heavy atom. The number of hydrogen-bond acceptors (Lipinski definition) is 1. The number of carbonyl (C=O) groups excluding carboxylic acids is 1. The molecule has 0 N–H and O–H groups in total. The van der Waals surface area contributed by atoms with Crippen LogP contribution in [0.15, 0.2) is 0 Å². The lowest BCUT2D eigenvalue weighted by molar-refractivity contribution is -0.129. The van der Waals surface area contributed by atoms with Gasteiger partial charge in [0.2, 0.25) is 5.91 Å². The van der Waals surface area contributed by atoms with Crippen molar-refractivity contribution in [3.8, 4) is 0 Å². The van der Waals surface area contributed by atoms with E-state index in [9.17, 15) is 4.79 Å². The molecule has 0 aromatic rings. The topological polar surface area (TPSA) is 20.3 Å². The van der Waals surface area contributed by atoms with Crippen molar-refractivity contribution >= 4 is 5.91 Å². The van der Waals surface area contributed by atoms with E-state index in [1.807, 2.05) is 4.90 Å². The van der Waals surface area contributed by atoms with Gasteiger partial charge in [0.1, 0.15) is 0 Å². The second-order valence-electron chi connectivity index (χ2n) is 4.33. The molecule has 0 atom stereocenters. The SMILES string of the molecule is CC(=O)N1CCCCCCCCCC1. The Labute approximate surface area is 87.7 Å². The van der Waals surface area contributed by atoms with E-state index in [2.05, 4.69) is 0 Å². The van der Waals surface area contributed by atoms with Crippen LogP contribution in [0.5, 0.6) is 0 Å². The highest BCUT2D eigenvalue weighted by atomic mass is 16.2. The molecule has 0 aromatic carbocycles. The molecule has 1 heterocycles. The molecule has 2 heteroatoms. The smallest absolute Gasteiger partial charge is 0.219 e. The summed E-state index contributed by atoms with van der Waals surface area (Å²) in [4.78, 5) is 13.3. The fourth-order valence-corrected chi connectivity index (χ4v) is 2.09. The Bertz CT molecular complexity index is 156. The lowest BCUT2D eigenvalue weighted by Gasteiger charge is -2.20. The molecule has 0 aromatic heterocycles. The van der Waals surface area contributed by atoms with Gasteiger partial charge in [-0.25, -0.2) is 0 Å². The van der Waals surface area contributed by atoms with E-state index in [1.54, 1.807) is 6.92 Å². The van der Waals surface area contributed by atoms with Crippen LogP contribution in [-0.4, -0.2) is 23.9 Å². The largest absolute Gasteiger partial charge is 0.343 e. The second-order valence-corrected chi connectivity index (χ2v) is 4.33. The molecule has 0 bridgehead atoms. The standard InChI is InChI=1S/C12H23NO/c1-12(14)13-10-8-6-4-2-3-5-7-9-11-13/h2-11H2,1H3. The third-order valence-electron chi connectivity index (χ3n) is 3.05. The predicted molar refractivity (Wildman–Crippen MR) is 59.2 cm³/mol. The molecule has 14 heavy (non-hydrogen) atoms. The molecule has 0 spiro atoms. The van der Waals surface area contributed by atoms with Crippen molar-refractivity contribution in [3.63, 3.8) is 0 Å². The summed E-state index contributed by atoms with van der Waals surface area (Å²) in [5.41, 5.74) is 0. The van der Waals surface area contributed by atoms with Gasteiger partial charge in [0, 0.05) is 20.0 Å². The maximum Gasteiger partial charge on any atom is 0.219 e. The fraction of sp³-hybridized carbons (Fsp3) is 0.917. The van der Waals surface area contributed by atoms with Crippen molar-refractivity contribution in [2.75, 3.05) is 13.1 Å². The van der Waals surface area contributed by atoms with Crippen LogP contribution in [0.4, 0.5) is 0 Å². The molecule has 2 nitrogen and oxygen atoms in total. The van der Waals surface area contributed by atoms with Crippen molar-refractivity contribution in [3.05, 3.63) is 0 Å². The van der Waals surface area contributed by atoms with Crippen molar-refractivity contribution in [1.82, 2.24) is 4.90 Å². The first-order chi connectivity index (χ1) is 6.80. The van der Waals surface area contributed by atoms with Crippen molar-refractivity contribution in [2.24, 2.45) is 0 Å². The summed E-state index contributed by atoms with van der Waals surface area (Å²) in [6.07, 6.45) is 10.5. The van der Waals surface area contributed by atoms with E-state index in [4.69, 9.17) is 0 Å². The fourth-order valence-electron chi connectivity index (χ4n) is 2.09. The summed E-state index contributed by atoms with van der Waals surface area (Å²) in [5.74, 6) is 0.254. The van der Waals surface area contributed by atoms with Gasteiger partial charge >= 0.3 is 0 Å². The zero-order valence-corrected chi connectivity index (χ0v) is 9.43. The van der Waals surface area contributed by atoms with Crippen molar-refractivity contribution in [1.29, 1.82) is 0 Å². The Morgan fingerprint density at radius 1 is 0.786 bits per heavy atom. The summed E-state index contributed by atoms with van der Waals surface area (Å²) in [7, 11) is 0. The van der Waals surface area contributed by atoms with Crippen molar-refractivity contribution in [2.45, 2.75) is 58.3 Å².